The molecule has 0 radical (unpaired) electrons. The van der Waals surface area contributed by atoms with Gasteiger partial charge in [-0.05, 0) is 30.5 Å². The minimum atomic E-state index is 0.207. The Morgan fingerprint density at radius 3 is 3.18 bits per heavy atom. The van der Waals surface area contributed by atoms with Gasteiger partial charge in [0.1, 0.15) is 5.75 Å². The molecule has 2 aliphatic heterocycles. The molecule has 4 nitrogen and oxygen atoms in total. The molecule has 2 fully saturated rings. The molecule has 5 heteroatoms. The minimum Gasteiger partial charge on any atom is -0.497 e. The van der Waals surface area contributed by atoms with Crippen LogP contribution < -0.4 is 10.1 Å². The number of carbonyl (C=O) groups is 1. The maximum absolute atomic E-state index is 12.7. The topological polar surface area (TPSA) is 41.6 Å². The van der Waals surface area contributed by atoms with E-state index in [4.69, 9.17) is 4.74 Å². The average Bonchev–Trinajstić information content (AvgIpc) is 3.05. The van der Waals surface area contributed by atoms with E-state index in [1.54, 1.807) is 7.11 Å². The first-order chi connectivity index (χ1) is 10.8. The van der Waals surface area contributed by atoms with E-state index in [9.17, 15) is 4.79 Å². The lowest BCUT2D eigenvalue weighted by molar-refractivity contribution is -0.132. The molecule has 120 valence electrons. The summed E-state index contributed by atoms with van der Waals surface area (Å²) in [5.41, 5.74) is 1.19. The van der Waals surface area contributed by atoms with Crippen LogP contribution in [0, 0.1) is 0 Å². The van der Waals surface area contributed by atoms with Gasteiger partial charge in [-0.15, -0.1) is 0 Å². The number of likely N-dealkylation sites (tertiary alicyclic amines) is 1. The van der Waals surface area contributed by atoms with Crippen LogP contribution in [0.1, 0.15) is 30.9 Å². The van der Waals surface area contributed by atoms with Crippen molar-refractivity contribution in [3.63, 3.8) is 0 Å². The summed E-state index contributed by atoms with van der Waals surface area (Å²) in [5.74, 6) is 3.34. The van der Waals surface area contributed by atoms with Gasteiger partial charge in [-0.3, -0.25) is 4.79 Å². The van der Waals surface area contributed by atoms with Gasteiger partial charge in [0.05, 0.1) is 13.2 Å². The van der Waals surface area contributed by atoms with E-state index in [-0.39, 0.29) is 11.9 Å². The van der Waals surface area contributed by atoms with Gasteiger partial charge in [-0.25, -0.2) is 0 Å². The van der Waals surface area contributed by atoms with Crippen molar-refractivity contribution < 1.29 is 9.53 Å². The Balaban J connectivity index is 1.67. The third-order valence-electron chi connectivity index (χ3n) is 4.47. The first kappa shape index (κ1) is 15.7. The fourth-order valence-electron chi connectivity index (χ4n) is 3.34. The van der Waals surface area contributed by atoms with E-state index in [0.29, 0.717) is 12.5 Å². The van der Waals surface area contributed by atoms with Gasteiger partial charge in [0.2, 0.25) is 5.91 Å². The van der Waals surface area contributed by atoms with Gasteiger partial charge >= 0.3 is 0 Å². The summed E-state index contributed by atoms with van der Waals surface area (Å²) in [6.07, 6.45) is 2.75. The molecular formula is C17H24N2O2S. The van der Waals surface area contributed by atoms with Crippen molar-refractivity contribution in [2.24, 2.45) is 0 Å². The highest BCUT2D eigenvalue weighted by Gasteiger charge is 2.31. The van der Waals surface area contributed by atoms with Crippen molar-refractivity contribution in [1.29, 1.82) is 0 Å². The van der Waals surface area contributed by atoms with Gasteiger partial charge < -0.3 is 15.0 Å². The highest BCUT2D eigenvalue weighted by atomic mass is 32.2. The van der Waals surface area contributed by atoms with Crippen LogP contribution in [-0.2, 0) is 4.79 Å². The molecule has 1 aromatic rings. The Bertz CT molecular complexity index is 517. The van der Waals surface area contributed by atoms with E-state index < -0.39 is 0 Å². The van der Waals surface area contributed by atoms with Gasteiger partial charge in [0.25, 0.3) is 0 Å². The fourth-order valence-corrected chi connectivity index (χ4v) is 4.29. The Labute approximate surface area is 136 Å². The molecule has 2 unspecified atom stereocenters. The zero-order valence-corrected chi connectivity index (χ0v) is 13.9. The highest BCUT2D eigenvalue weighted by Crippen LogP contribution is 2.34. The first-order valence-electron chi connectivity index (χ1n) is 8.02. The Hall–Kier alpha value is -1.20. The number of rotatable bonds is 4. The molecule has 0 bridgehead atoms. The standard InChI is InChI=1S/C17H24N2O2S/c1-21-15-5-2-4-13(10-15)16-6-3-8-19(16)17(20)11-14-12-22-9-7-18-14/h2,4-5,10,14,16,18H,3,6-9,11-12H2,1H3. The van der Waals surface area contributed by atoms with E-state index in [2.05, 4.69) is 22.3 Å². The van der Waals surface area contributed by atoms with E-state index >= 15 is 0 Å². The van der Waals surface area contributed by atoms with E-state index in [1.807, 2.05) is 23.9 Å². The lowest BCUT2D eigenvalue weighted by atomic mass is 10.0. The SMILES string of the molecule is COc1cccc(C2CCCN2C(=O)CC2CSCCN2)c1. The van der Waals surface area contributed by atoms with Gasteiger partial charge in [-0.2, -0.15) is 11.8 Å². The minimum absolute atomic E-state index is 0.207. The predicted molar refractivity (Wildman–Crippen MR) is 90.4 cm³/mol. The molecule has 3 rings (SSSR count). The van der Waals surface area contributed by atoms with Gasteiger partial charge in [0.15, 0.2) is 0 Å². The third kappa shape index (κ3) is 3.58. The van der Waals surface area contributed by atoms with Crippen LogP contribution in [0.5, 0.6) is 5.75 Å². The van der Waals surface area contributed by atoms with Crippen LogP contribution in [0.3, 0.4) is 0 Å². The summed E-state index contributed by atoms with van der Waals surface area (Å²) in [6, 6.07) is 8.66. The normalized spacial score (nSPS) is 25.2. The molecule has 2 saturated heterocycles. The molecule has 0 saturated carbocycles. The van der Waals surface area contributed by atoms with Crippen LogP contribution in [0.15, 0.2) is 24.3 Å². The lowest BCUT2D eigenvalue weighted by Gasteiger charge is -2.29. The number of thioether (sulfide) groups is 1. The molecule has 0 aliphatic carbocycles. The second kappa shape index (κ2) is 7.38. The third-order valence-corrected chi connectivity index (χ3v) is 5.60. The Kier molecular flexibility index (Phi) is 5.26. The largest absolute Gasteiger partial charge is 0.497 e. The first-order valence-corrected chi connectivity index (χ1v) is 9.18. The van der Waals surface area contributed by atoms with Crippen LogP contribution in [0.25, 0.3) is 0 Å². The van der Waals surface area contributed by atoms with Gasteiger partial charge in [-0.1, -0.05) is 12.1 Å². The zero-order valence-electron chi connectivity index (χ0n) is 13.1. The van der Waals surface area contributed by atoms with E-state index in [0.717, 1.165) is 43.2 Å². The average molecular weight is 320 g/mol. The fraction of sp³-hybridized carbons (Fsp3) is 0.588. The molecule has 22 heavy (non-hydrogen) atoms. The Morgan fingerprint density at radius 2 is 2.41 bits per heavy atom. The summed E-state index contributed by atoms with van der Waals surface area (Å²) >= 11 is 1.94. The lowest BCUT2D eigenvalue weighted by Crippen LogP contribution is -2.42. The number of benzene rings is 1. The Morgan fingerprint density at radius 1 is 1.50 bits per heavy atom. The van der Waals surface area contributed by atoms with Crippen molar-refractivity contribution >= 4 is 17.7 Å². The summed E-state index contributed by atoms with van der Waals surface area (Å²) in [7, 11) is 1.68. The van der Waals surface area contributed by atoms with E-state index in [1.165, 1.54) is 5.56 Å². The number of carbonyl (C=O) groups excluding carboxylic acids is 1. The highest BCUT2D eigenvalue weighted by molar-refractivity contribution is 7.99. The maximum atomic E-state index is 12.7. The molecule has 2 aliphatic rings. The molecule has 1 aromatic carbocycles. The van der Waals surface area contributed by atoms with Crippen molar-refractivity contribution in [3.05, 3.63) is 29.8 Å². The predicted octanol–water partition coefficient (Wildman–Crippen LogP) is 2.45. The smallest absolute Gasteiger partial charge is 0.224 e. The number of ether oxygens (including phenoxy) is 1. The molecule has 1 N–H and O–H groups in total. The summed E-state index contributed by atoms with van der Waals surface area (Å²) in [4.78, 5) is 14.8. The molecule has 2 heterocycles. The second-order valence-corrected chi connectivity index (χ2v) is 7.10. The second-order valence-electron chi connectivity index (χ2n) is 5.95. The zero-order chi connectivity index (χ0) is 15.4. The van der Waals surface area contributed by atoms with Crippen LogP contribution >= 0.6 is 11.8 Å². The number of nitrogens with one attached hydrogen (secondary N) is 1. The number of hydrogen-bond donors (Lipinski definition) is 1. The number of methoxy groups -OCH3 is 1. The number of amides is 1. The molecule has 2 atom stereocenters. The quantitative estimate of drug-likeness (QED) is 0.925. The molecule has 0 spiro atoms. The van der Waals surface area contributed by atoms with Crippen molar-refractivity contribution in [1.82, 2.24) is 10.2 Å². The van der Waals surface area contributed by atoms with Crippen molar-refractivity contribution in [2.75, 3.05) is 31.7 Å². The monoisotopic (exact) mass is 320 g/mol. The van der Waals surface area contributed by atoms with Crippen molar-refractivity contribution in [3.8, 4) is 5.75 Å². The summed E-state index contributed by atoms with van der Waals surface area (Å²) < 4.78 is 5.32. The van der Waals surface area contributed by atoms with Gasteiger partial charge in [0, 0.05) is 37.1 Å². The number of hydrogen-bond acceptors (Lipinski definition) is 4. The molecular weight excluding hydrogens is 296 g/mol. The molecule has 1 amide bonds. The number of nitrogens with zero attached hydrogens (tertiary/aromatic N) is 1. The summed E-state index contributed by atoms with van der Waals surface area (Å²) in [6.45, 7) is 1.89. The maximum Gasteiger partial charge on any atom is 0.224 e. The van der Waals surface area contributed by atoms with Crippen molar-refractivity contribution in [2.45, 2.75) is 31.3 Å². The van der Waals surface area contributed by atoms with Crippen LogP contribution in [-0.4, -0.2) is 48.6 Å². The van der Waals surface area contributed by atoms with Crippen LogP contribution in [0.4, 0.5) is 0 Å². The van der Waals surface area contributed by atoms with Crippen LogP contribution in [0.2, 0.25) is 0 Å². The summed E-state index contributed by atoms with van der Waals surface area (Å²) in [5, 5.41) is 3.46. The molecule has 0 aromatic heterocycles.